The molecule has 0 aliphatic rings. The quantitative estimate of drug-likeness (QED) is 0.289. The molecule has 9 heteroatoms. The summed E-state index contributed by atoms with van der Waals surface area (Å²) in [6.45, 7) is 0. The molecular weight excluding hydrogens is 179 g/mol. The molecule has 0 atom stereocenters. The molecule has 55 valence electrons. The van der Waals surface area contributed by atoms with Crippen molar-refractivity contribution < 1.29 is 37.7 Å². The molecule has 9 heavy (non-hydrogen) atoms. The molecule has 0 aliphatic heterocycles. The Kier molecular flexibility index (Phi) is 17.4. The zero-order valence-electron chi connectivity index (χ0n) is 3.80. The molecule has 0 amide bonds. The van der Waals surface area contributed by atoms with Crippen molar-refractivity contribution in [1.82, 2.24) is 0 Å². The second kappa shape index (κ2) is 10.0. The Morgan fingerprint density at radius 2 is 1.00 bits per heavy atom. The zero-order chi connectivity index (χ0) is 7.15. The molecule has 0 saturated heterocycles. The summed E-state index contributed by atoms with van der Waals surface area (Å²) in [6, 6.07) is 0. The topological polar surface area (TPSA) is 127 Å². The van der Waals surface area contributed by atoms with E-state index in [4.69, 9.17) is 30.6 Å². The predicted molar refractivity (Wildman–Crippen MR) is 17.6 cm³/mol. The van der Waals surface area contributed by atoms with Crippen molar-refractivity contribution in [3.05, 3.63) is 20.2 Å². The van der Waals surface area contributed by atoms with Crippen molar-refractivity contribution in [3.8, 4) is 0 Å². The maximum atomic E-state index is 8.36. The van der Waals surface area contributed by atoms with Gasteiger partial charge in [0.15, 0.2) is 0 Å². The second-order valence-corrected chi connectivity index (χ2v) is 0.476. The summed E-state index contributed by atoms with van der Waals surface area (Å²) >= 11 is 0. The first-order chi connectivity index (χ1) is 3.46. The summed E-state index contributed by atoms with van der Waals surface area (Å²) in [6.07, 6.45) is 0. The Morgan fingerprint density at radius 1 is 1.00 bits per heavy atom. The van der Waals surface area contributed by atoms with E-state index in [-0.39, 0.29) is 17.1 Å². The van der Waals surface area contributed by atoms with Gasteiger partial charge in [-0.15, -0.1) is 20.2 Å². The van der Waals surface area contributed by atoms with Gasteiger partial charge < -0.3 is 10.4 Å². The predicted octanol–water partition coefficient (Wildman–Crippen LogP) is -0.698. The number of nitrogens with zero attached hydrogens (tertiary/aromatic N) is 2. The maximum Gasteiger partial charge on any atom is 0.291 e. The van der Waals surface area contributed by atoms with Gasteiger partial charge in [0.05, 0.1) is 0 Å². The Bertz CT molecular complexity index is 69.1. The summed E-state index contributed by atoms with van der Waals surface area (Å²) in [5.41, 5.74) is 0. The van der Waals surface area contributed by atoms with Crippen LogP contribution in [0, 0.1) is 20.2 Å². The van der Waals surface area contributed by atoms with Crippen LogP contribution < -0.4 is 0 Å². The van der Waals surface area contributed by atoms with E-state index in [0.717, 1.165) is 0 Å². The number of hydrogen-bond donors (Lipinski definition) is 2. The molecule has 2 N–H and O–H groups in total. The monoisotopic (exact) mass is 181 g/mol. The van der Waals surface area contributed by atoms with Gasteiger partial charge in [-0.1, -0.05) is 0 Å². The van der Waals surface area contributed by atoms with E-state index in [1.54, 1.807) is 0 Å². The van der Waals surface area contributed by atoms with Crippen LogP contribution in [0.1, 0.15) is 0 Å². The minimum Gasteiger partial charge on any atom is -0.328 e. The third-order valence-corrected chi connectivity index (χ3v) is 0. The smallest absolute Gasteiger partial charge is 0.291 e. The van der Waals surface area contributed by atoms with Gasteiger partial charge in [0.2, 0.25) is 0 Å². The molecule has 0 fully saturated rings. The van der Waals surface area contributed by atoms with E-state index in [1.165, 1.54) is 0 Å². The van der Waals surface area contributed by atoms with E-state index >= 15 is 0 Å². The van der Waals surface area contributed by atoms with Gasteiger partial charge in [0.25, 0.3) is 10.2 Å². The molecular formula is H2MnN2O6. The van der Waals surface area contributed by atoms with Crippen molar-refractivity contribution in [2.24, 2.45) is 0 Å². The van der Waals surface area contributed by atoms with Crippen LogP contribution in [-0.4, -0.2) is 20.6 Å². The van der Waals surface area contributed by atoms with Crippen molar-refractivity contribution in [3.63, 3.8) is 0 Å². The third kappa shape index (κ3) is 143. The molecule has 0 aliphatic carbocycles. The molecule has 8 nitrogen and oxygen atoms in total. The normalized spacial score (nSPS) is 5.33. The molecule has 0 rings (SSSR count). The van der Waals surface area contributed by atoms with Gasteiger partial charge in [-0.2, -0.15) is 0 Å². The van der Waals surface area contributed by atoms with E-state index in [2.05, 4.69) is 0 Å². The number of hydrogen-bond acceptors (Lipinski definition) is 4. The van der Waals surface area contributed by atoms with Crippen molar-refractivity contribution in [2.45, 2.75) is 0 Å². The van der Waals surface area contributed by atoms with Crippen LogP contribution in [0.25, 0.3) is 0 Å². The van der Waals surface area contributed by atoms with Gasteiger partial charge in [0, 0.05) is 17.1 Å². The van der Waals surface area contributed by atoms with E-state index in [9.17, 15) is 0 Å². The van der Waals surface area contributed by atoms with E-state index < -0.39 is 10.2 Å². The van der Waals surface area contributed by atoms with Crippen LogP contribution in [0.5, 0.6) is 0 Å². The minimum atomic E-state index is -1.50. The van der Waals surface area contributed by atoms with Crippen LogP contribution in [0.3, 0.4) is 0 Å². The summed E-state index contributed by atoms with van der Waals surface area (Å²) in [7, 11) is 0. The molecule has 0 saturated carbocycles. The molecule has 0 spiro atoms. The van der Waals surface area contributed by atoms with Crippen LogP contribution in [0.2, 0.25) is 0 Å². The average molecular weight is 181 g/mol. The molecule has 0 unspecified atom stereocenters. The fourth-order valence-electron chi connectivity index (χ4n) is 0. The third-order valence-electron chi connectivity index (χ3n) is 0. The molecule has 1 radical (unpaired) electrons. The fraction of sp³-hybridized carbons (Fsp3) is 0. The SMILES string of the molecule is O=[N+]([O-])O.O=[N+]([O-])O.[Mn]. The molecule has 0 aromatic rings. The molecule has 0 bridgehead atoms. The van der Waals surface area contributed by atoms with E-state index in [1.807, 2.05) is 0 Å². The molecule has 0 aromatic heterocycles. The first kappa shape index (κ1) is 15.7. The Hall–Kier alpha value is -1.08. The summed E-state index contributed by atoms with van der Waals surface area (Å²) < 4.78 is 0. The Balaban J connectivity index is -0.0000000720. The van der Waals surface area contributed by atoms with Crippen LogP contribution in [0.4, 0.5) is 0 Å². The van der Waals surface area contributed by atoms with Gasteiger partial charge in [0.1, 0.15) is 0 Å². The van der Waals surface area contributed by atoms with Crippen LogP contribution in [0.15, 0.2) is 0 Å². The summed E-state index contributed by atoms with van der Waals surface area (Å²) in [5, 5.41) is 27.3. The van der Waals surface area contributed by atoms with Crippen LogP contribution in [-0.2, 0) is 17.1 Å². The van der Waals surface area contributed by atoms with Gasteiger partial charge in [-0.05, 0) is 0 Å². The summed E-state index contributed by atoms with van der Waals surface area (Å²) in [5.74, 6) is 0. The first-order valence-corrected chi connectivity index (χ1v) is 1.13. The van der Waals surface area contributed by atoms with Gasteiger partial charge in [-0.25, -0.2) is 0 Å². The van der Waals surface area contributed by atoms with Gasteiger partial charge >= 0.3 is 0 Å². The molecule has 0 aromatic carbocycles. The van der Waals surface area contributed by atoms with Gasteiger partial charge in [-0.3, -0.25) is 0 Å². The average Bonchev–Trinajstić information content (AvgIpc) is 1.25. The van der Waals surface area contributed by atoms with Crippen LogP contribution >= 0.6 is 0 Å². The van der Waals surface area contributed by atoms with E-state index in [0.29, 0.717) is 0 Å². The summed E-state index contributed by atoms with van der Waals surface area (Å²) in [4.78, 5) is 16.7. The first-order valence-electron chi connectivity index (χ1n) is 1.13. The molecule has 0 heterocycles. The van der Waals surface area contributed by atoms with Crippen molar-refractivity contribution in [2.75, 3.05) is 0 Å². The van der Waals surface area contributed by atoms with Crippen molar-refractivity contribution in [1.29, 1.82) is 0 Å². The second-order valence-electron chi connectivity index (χ2n) is 0.476. The largest absolute Gasteiger partial charge is 0.328 e. The maximum absolute atomic E-state index is 8.36. The zero-order valence-corrected chi connectivity index (χ0v) is 4.98. The van der Waals surface area contributed by atoms with Crippen molar-refractivity contribution >= 4 is 0 Å². The Morgan fingerprint density at radius 3 is 1.00 bits per heavy atom. The standard InChI is InChI=1S/Mn.2HNO3/c;2*2-1(3)4/h;2*(H,2,3,4). The fourth-order valence-corrected chi connectivity index (χ4v) is 0. The number of rotatable bonds is 0. The minimum absolute atomic E-state index is 0. The Labute approximate surface area is 58.8 Å².